The summed E-state index contributed by atoms with van der Waals surface area (Å²) in [5, 5.41) is 2.79. The molecule has 1 saturated carbocycles. The van der Waals surface area contributed by atoms with E-state index in [9.17, 15) is 9.59 Å². The fourth-order valence-electron chi connectivity index (χ4n) is 4.54. The molecule has 0 saturated heterocycles. The van der Waals surface area contributed by atoms with Crippen molar-refractivity contribution in [3.8, 4) is 11.1 Å². The highest BCUT2D eigenvalue weighted by molar-refractivity contribution is 5.98. The molecule has 4 rings (SSSR count). The second kappa shape index (κ2) is 10.9. The highest BCUT2D eigenvalue weighted by Crippen LogP contribution is 2.49. The van der Waals surface area contributed by atoms with Gasteiger partial charge in [0.1, 0.15) is 0 Å². The van der Waals surface area contributed by atoms with Crippen molar-refractivity contribution < 1.29 is 9.59 Å². The van der Waals surface area contributed by atoms with Crippen LogP contribution in [0.5, 0.6) is 0 Å². The normalized spacial score (nSPS) is 18.4. The van der Waals surface area contributed by atoms with Gasteiger partial charge in [0.2, 0.25) is 11.8 Å². The highest BCUT2D eigenvalue weighted by Gasteiger charge is 2.46. The van der Waals surface area contributed by atoms with Gasteiger partial charge in [-0.15, -0.1) is 0 Å². The van der Waals surface area contributed by atoms with Crippen LogP contribution in [-0.2, 0) is 9.59 Å². The Bertz CT molecular complexity index is 1140. The number of carbonyl (C=O) groups is 2. The SMILES string of the molecule is CC[C@H](C)[C@H](N)CN(C(=O)[C@@H]1C[C@H]1c1ccccc1)c1ccc(-c2ccc(NC(C)=O)cc2)cc1. The second-order valence-electron chi connectivity index (χ2n) is 9.66. The number of rotatable bonds is 9. The molecule has 1 fully saturated rings. The number of carbonyl (C=O) groups excluding carboxylic acids is 2. The summed E-state index contributed by atoms with van der Waals surface area (Å²) >= 11 is 0. The Labute approximate surface area is 208 Å². The molecule has 5 nitrogen and oxygen atoms in total. The minimum Gasteiger partial charge on any atom is -0.326 e. The Morgan fingerprint density at radius 1 is 0.971 bits per heavy atom. The third-order valence-corrected chi connectivity index (χ3v) is 7.09. The van der Waals surface area contributed by atoms with Crippen molar-refractivity contribution in [1.29, 1.82) is 0 Å². The van der Waals surface area contributed by atoms with Gasteiger partial charge in [0, 0.05) is 36.8 Å². The van der Waals surface area contributed by atoms with E-state index in [-0.39, 0.29) is 29.7 Å². The summed E-state index contributed by atoms with van der Waals surface area (Å²) in [6.07, 6.45) is 1.86. The fourth-order valence-corrected chi connectivity index (χ4v) is 4.54. The lowest BCUT2D eigenvalue weighted by atomic mass is 9.98. The summed E-state index contributed by atoms with van der Waals surface area (Å²) in [5.74, 6) is 0.684. The number of nitrogens with two attached hydrogens (primary N) is 1. The summed E-state index contributed by atoms with van der Waals surface area (Å²) in [6.45, 7) is 6.28. The Hall–Kier alpha value is -3.44. The highest BCUT2D eigenvalue weighted by atomic mass is 16.2. The van der Waals surface area contributed by atoms with E-state index >= 15 is 0 Å². The number of hydrogen-bond acceptors (Lipinski definition) is 3. The number of nitrogens with one attached hydrogen (secondary N) is 1. The molecule has 3 N–H and O–H groups in total. The van der Waals surface area contributed by atoms with Gasteiger partial charge in [0.25, 0.3) is 0 Å². The van der Waals surface area contributed by atoms with Crippen LogP contribution in [0.15, 0.2) is 78.9 Å². The maximum atomic E-state index is 13.7. The molecule has 3 aromatic rings. The molecule has 5 heteroatoms. The van der Waals surface area contributed by atoms with Gasteiger partial charge in [-0.2, -0.15) is 0 Å². The molecule has 0 unspecified atom stereocenters. The maximum Gasteiger partial charge on any atom is 0.230 e. The number of benzene rings is 3. The van der Waals surface area contributed by atoms with Crippen LogP contribution in [0.1, 0.15) is 45.1 Å². The zero-order valence-electron chi connectivity index (χ0n) is 20.8. The van der Waals surface area contributed by atoms with Crippen LogP contribution in [0.3, 0.4) is 0 Å². The van der Waals surface area contributed by atoms with E-state index in [4.69, 9.17) is 5.73 Å². The molecule has 1 aliphatic rings. The van der Waals surface area contributed by atoms with E-state index in [1.165, 1.54) is 12.5 Å². The average molecular weight is 470 g/mol. The Morgan fingerprint density at radius 2 is 1.57 bits per heavy atom. The summed E-state index contributed by atoms with van der Waals surface area (Å²) in [5.41, 5.74) is 11.5. The minimum atomic E-state index is -0.0902. The fraction of sp³-hybridized carbons (Fsp3) is 0.333. The maximum absolute atomic E-state index is 13.7. The predicted octanol–water partition coefficient (Wildman–Crippen LogP) is 5.82. The molecule has 0 spiro atoms. The molecule has 0 heterocycles. The van der Waals surface area contributed by atoms with E-state index in [0.29, 0.717) is 12.5 Å². The van der Waals surface area contributed by atoms with Crippen molar-refractivity contribution in [2.75, 3.05) is 16.8 Å². The third kappa shape index (κ3) is 5.98. The average Bonchev–Trinajstić information content (AvgIpc) is 3.68. The van der Waals surface area contributed by atoms with Gasteiger partial charge >= 0.3 is 0 Å². The molecular formula is C30H35N3O2. The molecular weight excluding hydrogens is 434 g/mol. The molecule has 3 aromatic carbocycles. The lowest BCUT2D eigenvalue weighted by molar-refractivity contribution is -0.120. The van der Waals surface area contributed by atoms with Crippen molar-refractivity contribution in [3.05, 3.63) is 84.4 Å². The smallest absolute Gasteiger partial charge is 0.230 e. The van der Waals surface area contributed by atoms with Gasteiger partial charge in [-0.3, -0.25) is 9.59 Å². The van der Waals surface area contributed by atoms with Crippen LogP contribution in [-0.4, -0.2) is 24.4 Å². The number of hydrogen-bond donors (Lipinski definition) is 2. The van der Waals surface area contributed by atoms with E-state index in [1.54, 1.807) is 0 Å². The topological polar surface area (TPSA) is 75.4 Å². The standard InChI is InChI=1S/C30H35N3O2/c1-4-20(2)29(31)19-33(30(35)28-18-27(28)24-8-6-5-7-9-24)26-16-12-23(13-17-26)22-10-14-25(15-11-22)32-21(3)34/h5-17,20,27-29H,4,18-19,31H2,1-3H3,(H,32,34)/t20-,27-,28+,29+/m0/s1. The van der Waals surface area contributed by atoms with Gasteiger partial charge in [-0.05, 0) is 59.2 Å². The Morgan fingerprint density at radius 3 is 2.14 bits per heavy atom. The van der Waals surface area contributed by atoms with Gasteiger partial charge < -0.3 is 16.0 Å². The zero-order chi connectivity index (χ0) is 24.9. The number of amides is 2. The van der Waals surface area contributed by atoms with E-state index in [2.05, 4.69) is 31.3 Å². The summed E-state index contributed by atoms with van der Waals surface area (Å²) in [6, 6.07) is 26.1. The van der Waals surface area contributed by atoms with Gasteiger partial charge in [0.05, 0.1) is 0 Å². The van der Waals surface area contributed by atoms with Crippen LogP contribution < -0.4 is 16.0 Å². The van der Waals surface area contributed by atoms with Crippen LogP contribution in [0.25, 0.3) is 11.1 Å². The first-order valence-electron chi connectivity index (χ1n) is 12.5. The van der Waals surface area contributed by atoms with Crippen LogP contribution in [0.2, 0.25) is 0 Å². The molecule has 0 aromatic heterocycles. The van der Waals surface area contributed by atoms with E-state index in [0.717, 1.165) is 35.3 Å². The second-order valence-corrected chi connectivity index (χ2v) is 9.66. The Balaban J connectivity index is 1.54. The van der Waals surface area contributed by atoms with Crippen molar-refractivity contribution >= 4 is 23.2 Å². The van der Waals surface area contributed by atoms with Gasteiger partial charge in [-0.1, -0.05) is 74.9 Å². The molecule has 2 amide bonds. The first kappa shape index (κ1) is 24.7. The van der Waals surface area contributed by atoms with Crippen LogP contribution >= 0.6 is 0 Å². The van der Waals surface area contributed by atoms with Crippen molar-refractivity contribution in [2.45, 2.75) is 45.6 Å². The van der Waals surface area contributed by atoms with Crippen molar-refractivity contribution in [2.24, 2.45) is 17.6 Å². The lowest BCUT2D eigenvalue weighted by Crippen LogP contribution is -2.45. The summed E-state index contributed by atoms with van der Waals surface area (Å²) < 4.78 is 0. The third-order valence-electron chi connectivity index (χ3n) is 7.09. The predicted molar refractivity (Wildman–Crippen MR) is 143 cm³/mol. The molecule has 0 radical (unpaired) electrons. The first-order chi connectivity index (χ1) is 16.9. The zero-order valence-corrected chi connectivity index (χ0v) is 20.8. The first-order valence-corrected chi connectivity index (χ1v) is 12.5. The molecule has 0 aliphatic heterocycles. The monoisotopic (exact) mass is 469 g/mol. The minimum absolute atomic E-state index is 0.00234. The molecule has 1 aliphatic carbocycles. The van der Waals surface area contributed by atoms with Crippen LogP contribution in [0.4, 0.5) is 11.4 Å². The summed E-state index contributed by atoms with van der Waals surface area (Å²) in [4.78, 5) is 26.8. The lowest BCUT2D eigenvalue weighted by Gasteiger charge is -2.29. The van der Waals surface area contributed by atoms with E-state index in [1.807, 2.05) is 71.6 Å². The molecule has 35 heavy (non-hydrogen) atoms. The summed E-state index contributed by atoms with van der Waals surface area (Å²) in [7, 11) is 0. The van der Waals surface area contributed by atoms with E-state index < -0.39 is 0 Å². The largest absolute Gasteiger partial charge is 0.326 e. The van der Waals surface area contributed by atoms with Gasteiger partial charge in [0.15, 0.2) is 0 Å². The van der Waals surface area contributed by atoms with Gasteiger partial charge in [-0.25, -0.2) is 0 Å². The van der Waals surface area contributed by atoms with Crippen LogP contribution in [0, 0.1) is 11.8 Å². The molecule has 0 bridgehead atoms. The van der Waals surface area contributed by atoms with Crippen molar-refractivity contribution in [1.82, 2.24) is 0 Å². The Kier molecular flexibility index (Phi) is 7.67. The number of anilines is 2. The quantitative estimate of drug-likeness (QED) is 0.414. The molecule has 182 valence electrons. The van der Waals surface area contributed by atoms with Crippen molar-refractivity contribution in [3.63, 3.8) is 0 Å². The molecule has 4 atom stereocenters. The number of nitrogens with zero attached hydrogens (tertiary/aromatic N) is 1.